The number of aromatic nitrogens is 1. The summed E-state index contributed by atoms with van der Waals surface area (Å²) in [4.78, 5) is 6.79. The summed E-state index contributed by atoms with van der Waals surface area (Å²) in [5, 5.41) is 4.72. The number of morpholine rings is 1. The first-order chi connectivity index (χ1) is 9.92. The van der Waals surface area contributed by atoms with Crippen molar-refractivity contribution >= 4 is 10.9 Å². The second-order valence-corrected chi connectivity index (χ2v) is 5.16. The van der Waals surface area contributed by atoms with E-state index in [1.165, 1.54) is 10.9 Å². The van der Waals surface area contributed by atoms with Gasteiger partial charge in [0.15, 0.2) is 0 Å². The third-order valence-electron chi connectivity index (χ3n) is 3.71. The van der Waals surface area contributed by atoms with Crippen molar-refractivity contribution in [2.75, 3.05) is 39.4 Å². The van der Waals surface area contributed by atoms with E-state index in [1.54, 1.807) is 0 Å². The first kappa shape index (κ1) is 13.5. The van der Waals surface area contributed by atoms with Crippen LogP contribution in [-0.4, -0.2) is 49.3 Å². The van der Waals surface area contributed by atoms with Crippen LogP contribution in [0.1, 0.15) is 5.56 Å². The fourth-order valence-corrected chi connectivity index (χ4v) is 2.53. The van der Waals surface area contributed by atoms with Gasteiger partial charge in [-0.15, -0.1) is 0 Å². The van der Waals surface area contributed by atoms with E-state index < -0.39 is 0 Å². The zero-order valence-electron chi connectivity index (χ0n) is 11.7. The number of nitrogens with zero attached hydrogens (tertiary/aromatic N) is 2. The lowest BCUT2D eigenvalue weighted by atomic mass is 10.1. The van der Waals surface area contributed by atoms with Crippen LogP contribution in [-0.2, 0) is 11.3 Å². The highest BCUT2D eigenvalue weighted by Gasteiger charge is 2.08. The third kappa shape index (κ3) is 3.54. The number of ether oxygens (including phenoxy) is 1. The molecule has 1 aliphatic heterocycles. The minimum absolute atomic E-state index is 0.873. The van der Waals surface area contributed by atoms with Crippen LogP contribution in [0, 0.1) is 0 Å². The SMILES string of the molecule is c1cnc2ccc(CNCCN3CCOCC3)cc2c1. The van der Waals surface area contributed by atoms with Gasteiger partial charge < -0.3 is 10.1 Å². The Balaban J connectivity index is 1.47. The van der Waals surface area contributed by atoms with Gasteiger partial charge in [-0.3, -0.25) is 9.88 Å². The maximum absolute atomic E-state index is 5.35. The van der Waals surface area contributed by atoms with Crippen LogP contribution in [0.5, 0.6) is 0 Å². The Kier molecular flexibility index (Phi) is 4.58. The molecule has 106 valence electrons. The molecule has 1 fully saturated rings. The van der Waals surface area contributed by atoms with E-state index in [9.17, 15) is 0 Å². The van der Waals surface area contributed by atoms with Gasteiger partial charge in [-0.2, -0.15) is 0 Å². The zero-order chi connectivity index (χ0) is 13.6. The van der Waals surface area contributed by atoms with Crippen molar-refractivity contribution in [3.05, 3.63) is 42.1 Å². The number of hydrogen-bond donors (Lipinski definition) is 1. The second kappa shape index (κ2) is 6.79. The molecule has 0 bridgehead atoms. The van der Waals surface area contributed by atoms with Gasteiger partial charge >= 0.3 is 0 Å². The molecule has 4 nitrogen and oxygen atoms in total. The summed E-state index contributed by atoms with van der Waals surface area (Å²) in [5.74, 6) is 0. The minimum Gasteiger partial charge on any atom is -0.379 e. The molecule has 2 heterocycles. The quantitative estimate of drug-likeness (QED) is 0.839. The van der Waals surface area contributed by atoms with Gasteiger partial charge in [0.05, 0.1) is 18.7 Å². The first-order valence-corrected chi connectivity index (χ1v) is 7.26. The van der Waals surface area contributed by atoms with E-state index in [-0.39, 0.29) is 0 Å². The van der Waals surface area contributed by atoms with E-state index in [0.29, 0.717) is 0 Å². The lowest BCUT2D eigenvalue weighted by molar-refractivity contribution is 0.0384. The van der Waals surface area contributed by atoms with E-state index in [2.05, 4.69) is 39.5 Å². The first-order valence-electron chi connectivity index (χ1n) is 7.26. The monoisotopic (exact) mass is 271 g/mol. The van der Waals surface area contributed by atoms with Crippen LogP contribution in [0.15, 0.2) is 36.5 Å². The van der Waals surface area contributed by atoms with E-state index in [0.717, 1.165) is 51.5 Å². The smallest absolute Gasteiger partial charge is 0.0702 e. The van der Waals surface area contributed by atoms with Crippen molar-refractivity contribution in [1.29, 1.82) is 0 Å². The molecule has 1 N–H and O–H groups in total. The molecule has 0 unspecified atom stereocenters. The topological polar surface area (TPSA) is 37.4 Å². The summed E-state index contributed by atoms with van der Waals surface area (Å²) in [6.45, 7) is 6.89. The highest BCUT2D eigenvalue weighted by molar-refractivity contribution is 5.78. The van der Waals surface area contributed by atoms with Gasteiger partial charge in [-0.1, -0.05) is 12.1 Å². The van der Waals surface area contributed by atoms with Crippen LogP contribution < -0.4 is 5.32 Å². The standard InChI is InChI=1S/C16H21N3O/c1-2-15-12-14(3-4-16(15)18-5-1)13-17-6-7-19-8-10-20-11-9-19/h1-5,12,17H,6-11,13H2. The van der Waals surface area contributed by atoms with Crippen molar-refractivity contribution in [2.24, 2.45) is 0 Å². The Morgan fingerprint density at radius 2 is 2.10 bits per heavy atom. The predicted molar refractivity (Wildman–Crippen MR) is 80.7 cm³/mol. The van der Waals surface area contributed by atoms with Crippen molar-refractivity contribution in [3.63, 3.8) is 0 Å². The Labute approximate surface area is 119 Å². The van der Waals surface area contributed by atoms with Gasteiger partial charge in [0.2, 0.25) is 0 Å². The van der Waals surface area contributed by atoms with Crippen molar-refractivity contribution in [3.8, 4) is 0 Å². The van der Waals surface area contributed by atoms with Gasteiger partial charge in [0, 0.05) is 44.3 Å². The number of rotatable bonds is 5. The maximum Gasteiger partial charge on any atom is 0.0702 e. The molecule has 1 saturated heterocycles. The Morgan fingerprint density at radius 3 is 3.00 bits per heavy atom. The van der Waals surface area contributed by atoms with Crippen LogP contribution in [0.3, 0.4) is 0 Å². The van der Waals surface area contributed by atoms with Crippen molar-refractivity contribution in [1.82, 2.24) is 15.2 Å². The number of nitrogens with one attached hydrogen (secondary N) is 1. The molecular formula is C16H21N3O. The van der Waals surface area contributed by atoms with Gasteiger partial charge in [-0.05, 0) is 23.8 Å². The largest absolute Gasteiger partial charge is 0.379 e. The lowest BCUT2D eigenvalue weighted by Crippen LogP contribution is -2.40. The molecule has 0 saturated carbocycles. The summed E-state index contributed by atoms with van der Waals surface area (Å²) in [5.41, 5.74) is 2.37. The van der Waals surface area contributed by atoms with Crippen LogP contribution in [0.2, 0.25) is 0 Å². The molecule has 1 aliphatic rings. The molecule has 0 aliphatic carbocycles. The normalized spacial score (nSPS) is 16.6. The Morgan fingerprint density at radius 1 is 1.20 bits per heavy atom. The Bertz CT molecular complexity index is 552. The molecule has 1 aromatic carbocycles. The third-order valence-corrected chi connectivity index (χ3v) is 3.71. The summed E-state index contributed by atoms with van der Waals surface area (Å²) < 4.78 is 5.35. The molecule has 0 radical (unpaired) electrons. The van der Waals surface area contributed by atoms with E-state index >= 15 is 0 Å². The Hall–Kier alpha value is -1.49. The summed E-state index contributed by atoms with van der Waals surface area (Å²) in [6.07, 6.45) is 1.84. The van der Waals surface area contributed by atoms with Gasteiger partial charge in [0.1, 0.15) is 0 Å². The number of pyridine rings is 1. The molecule has 2 aromatic rings. The molecule has 0 amide bonds. The van der Waals surface area contributed by atoms with Crippen LogP contribution in [0.25, 0.3) is 10.9 Å². The molecule has 1 aromatic heterocycles. The fraction of sp³-hybridized carbons (Fsp3) is 0.438. The number of fused-ring (bicyclic) bond motifs is 1. The lowest BCUT2D eigenvalue weighted by Gasteiger charge is -2.26. The maximum atomic E-state index is 5.35. The summed E-state index contributed by atoms with van der Waals surface area (Å²) in [6, 6.07) is 10.5. The number of benzene rings is 1. The fourth-order valence-electron chi connectivity index (χ4n) is 2.53. The molecular weight excluding hydrogens is 250 g/mol. The summed E-state index contributed by atoms with van der Waals surface area (Å²) >= 11 is 0. The molecule has 0 spiro atoms. The average molecular weight is 271 g/mol. The van der Waals surface area contributed by atoms with Crippen molar-refractivity contribution in [2.45, 2.75) is 6.54 Å². The van der Waals surface area contributed by atoms with Gasteiger partial charge in [-0.25, -0.2) is 0 Å². The molecule has 20 heavy (non-hydrogen) atoms. The van der Waals surface area contributed by atoms with Crippen LogP contribution in [0.4, 0.5) is 0 Å². The average Bonchev–Trinajstić information content (AvgIpc) is 2.52. The molecule has 4 heteroatoms. The molecule has 3 rings (SSSR count). The number of hydrogen-bond acceptors (Lipinski definition) is 4. The van der Waals surface area contributed by atoms with E-state index in [1.807, 2.05) is 12.3 Å². The minimum atomic E-state index is 0.873. The van der Waals surface area contributed by atoms with E-state index in [4.69, 9.17) is 4.74 Å². The van der Waals surface area contributed by atoms with Crippen LogP contribution >= 0.6 is 0 Å². The van der Waals surface area contributed by atoms with Crippen molar-refractivity contribution < 1.29 is 4.74 Å². The van der Waals surface area contributed by atoms with Gasteiger partial charge in [0.25, 0.3) is 0 Å². The highest BCUT2D eigenvalue weighted by atomic mass is 16.5. The highest BCUT2D eigenvalue weighted by Crippen LogP contribution is 2.12. The summed E-state index contributed by atoms with van der Waals surface area (Å²) in [7, 11) is 0. The predicted octanol–water partition coefficient (Wildman–Crippen LogP) is 1.66. The molecule has 0 atom stereocenters. The zero-order valence-corrected chi connectivity index (χ0v) is 11.7. The second-order valence-electron chi connectivity index (χ2n) is 5.16.